The van der Waals surface area contributed by atoms with Gasteiger partial charge in [-0.1, -0.05) is 30.3 Å². The number of hydrogen-bond donors (Lipinski definition) is 1. The molecule has 0 aromatic heterocycles. The molecule has 4 nitrogen and oxygen atoms in total. The van der Waals surface area contributed by atoms with Crippen LogP contribution in [0.25, 0.3) is 0 Å². The third-order valence-electron chi connectivity index (χ3n) is 6.51. The van der Waals surface area contributed by atoms with E-state index in [1.807, 2.05) is 18.2 Å². The first-order valence-corrected chi connectivity index (χ1v) is 10.1. The summed E-state index contributed by atoms with van der Waals surface area (Å²) in [6.45, 7) is 0. The van der Waals surface area contributed by atoms with Crippen LogP contribution in [0.3, 0.4) is 0 Å². The molecule has 0 amide bonds. The van der Waals surface area contributed by atoms with Crippen LogP contribution < -0.4 is 14.8 Å². The molecule has 2 aromatic carbocycles. The quantitative estimate of drug-likeness (QED) is 0.851. The topological polar surface area (TPSA) is 54.3 Å². The van der Waals surface area contributed by atoms with Crippen molar-refractivity contribution in [2.75, 3.05) is 14.2 Å². The van der Waals surface area contributed by atoms with Gasteiger partial charge in [-0.05, 0) is 67.3 Å². The average molecular weight is 377 g/mol. The fraction of sp³-hybridized carbons (Fsp3) is 0.458. The van der Waals surface area contributed by atoms with Gasteiger partial charge in [0.1, 0.15) is 0 Å². The van der Waals surface area contributed by atoms with Crippen LogP contribution in [-0.4, -0.2) is 26.3 Å². The van der Waals surface area contributed by atoms with Crippen molar-refractivity contribution in [3.05, 3.63) is 59.2 Å². The molecule has 0 aliphatic heterocycles. The summed E-state index contributed by atoms with van der Waals surface area (Å²) in [4.78, 5) is 0. The monoisotopic (exact) mass is 376 g/mol. The van der Waals surface area contributed by atoms with Gasteiger partial charge in [0.2, 0.25) is 0 Å². The Kier molecular flexibility index (Phi) is 5.28. The standard InChI is InChI=1S/C24H28N2O2/c1-27-22-8-7-19(15-23(22)28-2)24(16-25)11-9-20(10-12-24)26-21-13-17-5-3-4-6-18(17)14-21/h3-8,15,20-21,26H,9-14H2,1-2H3. The maximum atomic E-state index is 10.0. The zero-order valence-electron chi connectivity index (χ0n) is 16.7. The number of nitriles is 1. The Balaban J connectivity index is 1.42. The van der Waals surface area contributed by atoms with Gasteiger partial charge in [0.25, 0.3) is 0 Å². The molecular weight excluding hydrogens is 348 g/mol. The third kappa shape index (κ3) is 3.47. The molecule has 0 atom stereocenters. The lowest BCUT2D eigenvalue weighted by Crippen LogP contribution is -2.44. The summed E-state index contributed by atoms with van der Waals surface area (Å²) in [5.41, 5.74) is 3.57. The first kappa shape index (κ1) is 18.8. The molecule has 0 spiro atoms. The Morgan fingerprint density at radius 2 is 1.57 bits per heavy atom. The maximum absolute atomic E-state index is 10.0. The summed E-state index contributed by atoms with van der Waals surface area (Å²) >= 11 is 0. The minimum atomic E-state index is -0.434. The summed E-state index contributed by atoms with van der Waals surface area (Å²) < 4.78 is 10.8. The normalized spacial score (nSPS) is 24.4. The van der Waals surface area contributed by atoms with Gasteiger partial charge in [-0.3, -0.25) is 0 Å². The Hall–Kier alpha value is -2.51. The predicted octanol–water partition coefficient (Wildman–Crippen LogP) is 4.16. The van der Waals surface area contributed by atoms with E-state index in [1.54, 1.807) is 14.2 Å². The van der Waals surface area contributed by atoms with Crippen LogP contribution in [0.4, 0.5) is 0 Å². The van der Waals surface area contributed by atoms with Crippen molar-refractivity contribution in [2.45, 2.75) is 56.0 Å². The summed E-state index contributed by atoms with van der Waals surface area (Å²) in [5, 5.41) is 13.9. The summed E-state index contributed by atoms with van der Waals surface area (Å²) in [6, 6.07) is 18.3. The van der Waals surface area contributed by atoms with E-state index in [4.69, 9.17) is 9.47 Å². The molecule has 4 rings (SSSR count). The van der Waals surface area contributed by atoms with Gasteiger partial charge in [-0.15, -0.1) is 0 Å². The smallest absolute Gasteiger partial charge is 0.161 e. The van der Waals surface area contributed by atoms with Crippen molar-refractivity contribution in [1.82, 2.24) is 5.32 Å². The molecule has 1 saturated carbocycles. The van der Waals surface area contributed by atoms with E-state index in [2.05, 4.69) is 35.7 Å². The van der Waals surface area contributed by atoms with Gasteiger partial charge in [-0.25, -0.2) is 0 Å². The fourth-order valence-electron chi connectivity index (χ4n) is 4.89. The largest absolute Gasteiger partial charge is 0.493 e. The number of nitrogens with one attached hydrogen (secondary N) is 1. The Morgan fingerprint density at radius 3 is 2.14 bits per heavy atom. The molecule has 0 radical (unpaired) electrons. The van der Waals surface area contributed by atoms with Crippen molar-refractivity contribution in [2.24, 2.45) is 0 Å². The van der Waals surface area contributed by atoms with Crippen molar-refractivity contribution in [3.8, 4) is 17.6 Å². The van der Waals surface area contributed by atoms with Crippen LogP contribution in [0.5, 0.6) is 11.5 Å². The first-order valence-electron chi connectivity index (χ1n) is 10.1. The molecule has 2 aliphatic rings. The highest BCUT2D eigenvalue weighted by Gasteiger charge is 2.38. The molecule has 0 bridgehead atoms. The number of nitrogens with zero attached hydrogens (tertiary/aromatic N) is 1. The molecule has 4 heteroatoms. The maximum Gasteiger partial charge on any atom is 0.161 e. The highest BCUT2D eigenvalue weighted by molar-refractivity contribution is 5.47. The van der Waals surface area contributed by atoms with Crippen molar-refractivity contribution in [1.29, 1.82) is 5.26 Å². The molecule has 1 N–H and O–H groups in total. The minimum absolute atomic E-state index is 0.434. The number of methoxy groups -OCH3 is 2. The molecule has 2 aromatic rings. The first-order chi connectivity index (χ1) is 13.7. The van der Waals surface area contributed by atoms with Crippen LogP contribution >= 0.6 is 0 Å². The molecule has 28 heavy (non-hydrogen) atoms. The summed E-state index contributed by atoms with van der Waals surface area (Å²) in [6.07, 6.45) is 6.02. The number of rotatable bonds is 5. The zero-order chi connectivity index (χ0) is 19.6. The zero-order valence-corrected chi connectivity index (χ0v) is 16.7. The lowest BCUT2D eigenvalue weighted by molar-refractivity contribution is 0.276. The number of hydrogen-bond acceptors (Lipinski definition) is 4. The Morgan fingerprint density at radius 1 is 0.929 bits per heavy atom. The summed E-state index contributed by atoms with van der Waals surface area (Å²) in [7, 11) is 3.27. The second-order valence-corrected chi connectivity index (χ2v) is 8.08. The molecule has 1 fully saturated rings. The summed E-state index contributed by atoms with van der Waals surface area (Å²) in [5.74, 6) is 1.40. The average Bonchev–Trinajstić information content (AvgIpc) is 3.16. The van der Waals surface area contributed by atoms with Crippen LogP contribution in [0.2, 0.25) is 0 Å². The third-order valence-corrected chi connectivity index (χ3v) is 6.51. The predicted molar refractivity (Wildman–Crippen MR) is 110 cm³/mol. The van der Waals surface area contributed by atoms with E-state index in [0.717, 1.165) is 44.1 Å². The van der Waals surface area contributed by atoms with E-state index in [0.29, 0.717) is 23.6 Å². The van der Waals surface area contributed by atoms with Gasteiger partial charge >= 0.3 is 0 Å². The van der Waals surface area contributed by atoms with Crippen molar-refractivity contribution < 1.29 is 9.47 Å². The SMILES string of the molecule is COc1ccc(C2(C#N)CCC(NC3Cc4ccccc4C3)CC2)cc1OC. The van der Waals surface area contributed by atoms with E-state index < -0.39 is 5.41 Å². The van der Waals surface area contributed by atoms with Crippen LogP contribution in [0.1, 0.15) is 42.4 Å². The lowest BCUT2D eigenvalue weighted by atomic mass is 9.69. The van der Waals surface area contributed by atoms with Gasteiger partial charge in [0.05, 0.1) is 25.7 Å². The van der Waals surface area contributed by atoms with E-state index in [9.17, 15) is 5.26 Å². The van der Waals surface area contributed by atoms with Gasteiger partial charge in [0.15, 0.2) is 11.5 Å². The van der Waals surface area contributed by atoms with E-state index in [-0.39, 0.29) is 0 Å². The molecule has 0 heterocycles. The van der Waals surface area contributed by atoms with Gasteiger partial charge < -0.3 is 14.8 Å². The Bertz CT molecular complexity index is 853. The highest BCUT2D eigenvalue weighted by atomic mass is 16.5. The number of benzene rings is 2. The van der Waals surface area contributed by atoms with Crippen molar-refractivity contribution in [3.63, 3.8) is 0 Å². The van der Waals surface area contributed by atoms with Crippen molar-refractivity contribution >= 4 is 0 Å². The van der Waals surface area contributed by atoms with Gasteiger partial charge in [-0.2, -0.15) is 5.26 Å². The molecule has 146 valence electrons. The number of ether oxygens (including phenoxy) is 2. The van der Waals surface area contributed by atoms with Crippen LogP contribution in [-0.2, 0) is 18.3 Å². The molecular formula is C24H28N2O2. The van der Waals surface area contributed by atoms with Crippen LogP contribution in [0, 0.1) is 11.3 Å². The lowest BCUT2D eigenvalue weighted by Gasteiger charge is -2.37. The second-order valence-electron chi connectivity index (χ2n) is 8.08. The Labute approximate surface area is 167 Å². The molecule has 0 saturated heterocycles. The van der Waals surface area contributed by atoms with Gasteiger partial charge in [0, 0.05) is 12.1 Å². The second kappa shape index (κ2) is 7.85. The van der Waals surface area contributed by atoms with E-state index >= 15 is 0 Å². The molecule has 2 aliphatic carbocycles. The van der Waals surface area contributed by atoms with E-state index in [1.165, 1.54) is 11.1 Å². The minimum Gasteiger partial charge on any atom is -0.493 e. The molecule has 0 unspecified atom stereocenters. The fourth-order valence-corrected chi connectivity index (χ4v) is 4.89. The van der Waals surface area contributed by atoms with Crippen LogP contribution in [0.15, 0.2) is 42.5 Å². The number of fused-ring (bicyclic) bond motifs is 1. The highest BCUT2D eigenvalue weighted by Crippen LogP contribution is 2.42.